The Balaban J connectivity index is 1.55. The first-order valence-electron chi connectivity index (χ1n) is 10.8. The van der Waals surface area contributed by atoms with Gasteiger partial charge >= 0.3 is 6.03 Å². The van der Waals surface area contributed by atoms with Gasteiger partial charge in [0.25, 0.3) is 5.91 Å². The Morgan fingerprint density at radius 3 is 2.46 bits per heavy atom. The van der Waals surface area contributed by atoms with Crippen LogP contribution in [0, 0.1) is 0 Å². The summed E-state index contributed by atoms with van der Waals surface area (Å²) in [7, 11) is 0. The largest absolute Gasteiger partial charge is 0.490 e. The molecule has 0 spiro atoms. The number of benzene rings is 3. The molecule has 3 amide bonds. The van der Waals surface area contributed by atoms with E-state index in [4.69, 9.17) is 32.7 Å². The van der Waals surface area contributed by atoms with Crippen molar-refractivity contribution in [3.05, 3.63) is 97.6 Å². The van der Waals surface area contributed by atoms with Gasteiger partial charge in [-0.3, -0.25) is 9.69 Å². The molecule has 0 unspecified atom stereocenters. The molecule has 0 saturated carbocycles. The van der Waals surface area contributed by atoms with Crippen LogP contribution in [0.4, 0.5) is 4.79 Å². The first-order chi connectivity index (χ1) is 16.9. The van der Waals surface area contributed by atoms with Gasteiger partial charge in [0, 0.05) is 15.1 Å². The average molecular weight is 576 g/mol. The second-order valence-corrected chi connectivity index (χ2v) is 9.38. The van der Waals surface area contributed by atoms with E-state index in [-0.39, 0.29) is 18.8 Å². The summed E-state index contributed by atoms with van der Waals surface area (Å²) >= 11 is 16.1. The molecule has 1 saturated heterocycles. The number of amides is 3. The molecule has 0 bridgehead atoms. The Bertz CT molecular complexity index is 1300. The second kappa shape index (κ2) is 11.2. The number of nitrogens with zero attached hydrogens (tertiary/aromatic N) is 1. The minimum absolute atomic E-state index is 0.148. The van der Waals surface area contributed by atoms with Crippen LogP contribution in [0.5, 0.6) is 11.5 Å². The first-order valence-corrected chi connectivity index (χ1v) is 12.3. The van der Waals surface area contributed by atoms with Crippen LogP contribution in [0.2, 0.25) is 10.0 Å². The van der Waals surface area contributed by atoms with Gasteiger partial charge in [0.15, 0.2) is 11.5 Å². The Kier molecular flexibility index (Phi) is 8.00. The second-order valence-electron chi connectivity index (χ2n) is 7.65. The van der Waals surface area contributed by atoms with E-state index in [1.54, 1.807) is 24.3 Å². The van der Waals surface area contributed by atoms with Gasteiger partial charge in [0.05, 0.1) is 18.2 Å². The molecule has 1 aliphatic rings. The summed E-state index contributed by atoms with van der Waals surface area (Å²) in [4.78, 5) is 26.5. The van der Waals surface area contributed by atoms with Crippen LogP contribution in [-0.2, 0) is 17.9 Å². The topological polar surface area (TPSA) is 67.9 Å². The summed E-state index contributed by atoms with van der Waals surface area (Å²) < 4.78 is 12.6. The summed E-state index contributed by atoms with van der Waals surface area (Å²) in [6, 6.07) is 17.7. The van der Waals surface area contributed by atoms with Crippen LogP contribution >= 0.6 is 39.1 Å². The average Bonchev–Trinajstić information content (AvgIpc) is 3.08. The molecule has 3 aromatic carbocycles. The van der Waals surface area contributed by atoms with Crippen molar-refractivity contribution in [2.75, 3.05) is 6.61 Å². The van der Waals surface area contributed by atoms with Gasteiger partial charge in [0.1, 0.15) is 12.3 Å². The standard InChI is InChI=1S/C26H21BrCl2N2O4/c1-2-34-23-13-17(11-21(29)24(23)35-15-18-5-3-4-6-20(18)28)12-22-25(32)31(26(33)30-22)14-16-7-9-19(27)10-8-16/h3-13H,2,14-15H2,1H3,(H,30,33)/b22-12+. The predicted molar refractivity (Wildman–Crippen MR) is 140 cm³/mol. The van der Waals surface area contributed by atoms with Crippen LogP contribution in [0.1, 0.15) is 23.6 Å². The molecule has 35 heavy (non-hydrogen) atoms. The third kappa shape index (κ3) is 5.99. The Morgan fingerprint density at radius 2 is 1.74 bits per heavy atom. The fraction of sp³-hybridized carbons (Fsp3) is 0.154. The number of carbonyl (C=O) groups is 2. The number of ether oxygens (including phenoxy) is 2. The highest BCUT2D eigenvalue weighted by molar-refractivity contribution is 9.10. The highest BCUT2D eigenvalue weighted by atomic mass is 79.9. The summed E-state index contributed by atoms with van der Waals surface area (Å²) in [6.45, 7) is 2.60. The Morgan fingerprint density at radius 1 is 1.00 bits per heavy atom. The predicted octanol–water partition coefficient (Wildman–Crippen LogP) is 6.83. The van der Waals surface area contributed by atoms with Gasteiger partial charge in [-0.25, -0.2) is 4.79 Å². The van der Waals surface area contributed by atoms with E-state index < -0.39 is 11.9 Å². The zero-order valence-electron chi connectivity index (χ0n) is 18.7. The maximum absolute atomic E-state index is 12.9. The van der Waals surface area contributed by atoms with Crippen molar-refractivity contribution in [2.24, 2.45) is 0 Å². The molecule has 4 rings (SSSR count). The third-order valence-electron chi connectivity index (χ3n) is 5.19. The van der Waals surface area contributed by atoms with Gasteiger partial charge in [0.2, 0.25) is 0 Å². The maximum atomic E-state index is 12.9. The first kappa shape index (κ1) is 25.1. The van der Waals surface area contributed by atoms with Crippen molar-refractivity contribution in [3.8, 4) is 11.5 Å². The summed E-state index contributed by atoms with van der Waals surface area (Å²) in [6.07, 6.45) is 1.56. The molecule has 6 nitrogen and oxygen atoms in total. The number of hydrogen-bond acceptors (Lipinski definition) is 4. The van der Waals surface area contributed by atoms with E-state index >= 15 is 0 Å². The normalized spacial score (nSPS) is 14.4. The highest BCUT2D eigenvalue weighted by Gasteiger charge is 2.33. The molecule has 3 aromatic rings. The molecule has 9 heteroatoms. The zero-order valence-corrected chi connectivity index (χ0v) is 21.8. The Hall–Kier alpha value is -3.00. The lowest BCUT2D eigenvalue weighted by Crippen LogP contribution is -2.30. The molecule has 180 valence electrons. The number of carbonyl (C=O) groups excluding carboxylic acids is 2. The lowest BCUT2D eigenvalue weighted by Gasteiger charge is -2.15. The number of hydrogen-bond donors (Lipinski definition) is 1. The third-order valence-corrected chi connectivity index (χ3v) is 6.37. The van der Waals surface area contributed by atoms with Crippen LogP contribution in [0.3, 0.4) is 0 Å². The molecule has 1 fully saturated rings. The van der Waals surface area contributed by atoms with E-state index in [0.29, 0.717) is 33.7 Å². The number of rotatable bonds is 8. The van der Waals surface area contributed by atoms with E-state index in [2.05, 4.69) is 21.2 Å². The van der Waals surface area contributed by atoms with Gasteiger partial charge < -0.3 is 14.8 Å². The van der Waals surface area contributed by atoms with Crippen molar-refractivity contribution in [3.63, 3.8) is 0 Å². The van der Waals surface area contributed by atoms with Crippen LogP contribution < -0.4 is 14.8 Å². The smallest absolute Gasteiger partial charge is 0.329 e. The molecule has 0 aromatic heterocycles. The maximum Gasteiger partial charge on any atom is 0.329 e. The van der Waals surface area contributed by atoms with Crippen LogP contribution in [0.25, 0.3) is 6.08 Å². The quantitative estimate of drug-likeness (QED) is 0.236. The molecule has 0 radical (unpaired) electrons. The number of urea groups is 1. The molecule has 1 heterocycles. The van der Waals surface area contributed by atoms with Gasteiger partial charge in [-0.2, -0.15) is 0 Å². The number of halogens is 3. The van der Waals surface area contributed by atoms with Gasteiger partial charge in [-0.1, -0.05) is 69.5 Å². The van der Waals surface area contributed by atoms with Crippen molar-refractivity contribution < 1.29 is 19.1 Å². The fourth-order valence-corrected chi connectivity index (χ4v) is 4.22. The van der Waals surface area contributed by atoms with Crippen molar-refractivity contribution in [2.45, 2.75) is 20.1 Å². The van der Waals surface area contributed by atoms with Gasteiger partial charge in [-0.05, 0) is 54.5 Å². The molecule has 1 N–H and O–H groups in total. The lowest BCUT2D eigenvalue weighted by atomic mass is 10.1. The van der Waals surface area contributed by atoms with Crippen molar-refractivity contribution in [1.29, 1.82) is 0 Å². The molecular formula is C26H21BrCl2N2O4. The van der Waals surface area contributed by atoms with E-state index in [9.17, 15) is 9.59 Å². The monoisotopic (exact) mass is 574 g/mol. The van der Waals surface area contributed by atoms with Crippen molar-refractivity contribution in [1.82, 2.24) is 10.2 Å². The minimum atomic E-state index is -0.486. The highest BCUT2D eigenvalue weighted by Crippen LogP contribution is 2.38. The molecule has 1 aliphatic heterocycles. The summed E-state index contributed by atoms with van der Waals surface area (Å²) in [5, 5.41) is 3.52. The molecular weight excluding hydrogens is 555 g/mol. The van der Waals surface area contributed by atoms with E-state index in [0.717, 1.165) is 20.5 Å². The number of nitrogens with one attached hydrogen (secondary N) is 1. The van der Waals surface area contributed by atoms with Crippen LogP contribution in [0.15, 0.2) is 70.8 Å². The SMILES string of the molecule is CCOc1cc(/C=C2/NC(=O)N(Cc3ccc(Br)cc3)C2=O)cc(Cl)c1OCc1ccccc1Cl. The van der Waals surface area contributed by atoms with E-state index in [1.165, 1.54) is 0 Å². The summed E-state index contributed by atoms with van der Waals surface area (Å²) in [5.41, 5.74) is 2.37. The zero-order chi connectivity index (χ0) is 24.9. The lowest BCUT2D eigenvalue weighted by molar-refractivity contribution is -0.123. The Labute approximate surface area is 221 Å². The van der Waals surface area contributed by atoms with Crippen molar-refractivity contribution >= 4 is 57.1 Å². The van der Waals surface area contributed by atoms with Crippen LogP contribution in [-0.4, -0.2) is 23.4 Å². The molecule has 0 atom stereocenters. The van der Waals surface area contributed by atoms with Gasteiger partial charge in [-0.15, -0.1) is 0 Å². The molecule has 0 aliphatic carbocycles. The number of imide groups is 1. The van der Waals surface area contributed by atoms with E-state index in [1.807, 2.05) is 49.4 Å². The minimum Gasteiger partial charge on any atom is -0.490 e. The summed E-state index contributed by atoms with van der Waals surface area (Å²) in [5.74, 6) is 0.364. The fourth-order valence-electron chi connectivity index (χ4n) is 3.49.